The number of hydrogen-bond acceptors (Lipinski definition) is 8. The van der Waals surface area contributed by atoms with Crippen molar-refractivity contribution in [1.29, 1.82) is 0 Å². The van der Waals surface area contributed by atoms with Gasteiger partial charge in [0.05, 0.1) is 13.7 Å². The summed E-state index contributed by atoms with van der Waals surface area (Å²) in [6, 6.07) is 7.30. The minimum Gasteiger partial charge on any atom is -0.468 e. The van der Waals surface area contributed by atoms with E-state index in [0.717, 1.165) is 10.8 Å². The number of halogens is 1. The quantitative estimate of drug-likeness (QED) is 0.310. The van der Waals surface area contributed by atoms with Gasteiger partial charge in [-0.1, -0.05) is 35.9 Å². The molecule has 2 N–H and O–H groups in total. The Hall–Kier alpha value is -2.69. The molecule has 0 bridgehead atoms. The molecule has 1 aromatic carbocycles. The van der Waals surface area contributed by atoms with Crippen LogP contribution in [0.4, 0.5) is 0 Å². The zero-order chi connectivity index (χ0) is 23.3. The minimum absolute atomic E-state index is 0.178. The molecule has 32 heavy (non-hydrogen) atoms. The SMILES string of the molecule is COC(=O)C(C)NP(=O)(OC[C@@H]1C=C[C@H](n2cc(Cl)c(=O)[nH]c2=O)O1)Oc1ccccc1. The summed E-state index contributed by atoms with van der Waals surface area (Å²) in [6.07, 6.45) is 2.73. The number of para-hydroxylation sites is 1. The molecule has 0 fully saturated rings. The van der Waals surface area contributed by atoms with Gasteiger partial charge in [-0.15, -0.1) is 0 Å². The molecule has 2 unspecified atom stereocenters. The van der Waals surface area contributed by atoms with E-state index in [0.29, 0.717) is 0 Å². The molecule has 1 aliphatic rings. The van der Waals surface area contributed by atoms with Crippen LogP contribution in [-0.4, -0.2) is 41.4 Å². The molecule has 1 aromatic heterocycles. The number of rotatable bonds is 9. The summed E-state index contributed by atoms with van der Waals surface area (Å²) in [7, 11) is -2.83. The van der Waals surface area contributed by atoms with E-state index in [4.69, 9.17) is 25.4 Å². The number of aromatic amines is 1. The van der Waals surface area contributed by atoms with Crippen LogP contribution in [-0.2, 0) is 23.4 Å². The standard InChI is InChI=1S/C19H21ClN3O8P/c1-12(18(25)28-2)22-32(27,31-13-6-4-3-5-7-13)29-11-14-8-9-16(30-14)23-10-15(20)17(24)21-19(23)26/h3-10,12,14,16H,11H2,1-2H3,(H,22,27)(H,21,24,26)/t12?,14-,16+,32?/m0/s1. The lowest BCUT2D eigenvalue weighted by atomic mass is 10.3. The molecule has 4 atom stereocenters. The van der Waals surface area contributed by atoms with Gasteiger partial charge in [-0.05, 0) is 25.1 Å². The zero-order valence-electron chi connectivity index (χ0n) is 17.1. The predicted molar refractivity (Wildman–Crippen MR) is 115 cm³/mol. The molecule has 0 amide bonds. The van der Waals surface area contributed by atoms with E-state index in [1.54, 1.807) is 42.5 Å². The van der Waals surface area contributed by atoms with Crippen molar-refractivity contribution in [1.82, 2.24) is 14.6 Å². The van der Waals surface area contributed by atoms with Crippen molar-refractivity contribution in [3.05, 3.63) is 74.5 Å². The molecule has 0 spiro atoms. The topological polar surface area (TPSA) is 138 Å². The number of carbonyl (C=O) groups is 1. The number of hydrogen-bond donors (Lipinski definition) is 2. The van der Waals surface area contributed by atoms with Crippen LogP contribution < -0.4 is 20.9 Å². The van der Waals surface area contributed by atoms with Gasteiger partial charge in [0.25, 0.3) is 5.56 Å². The van der Waals surface area contributed by atoms with Crippen LogP contribution in [0, 0.1) is 0 Å². The smallest absolute Gasteiger partial charge is 0.459 e. The highest BCUT2D eigenvalue weighted by atomic mass is 35.5. The van der Waals surface area contributed by atoms with Crippen molar-refractivity contribution in [3.63, 3.8) is 0 Å². The third-order valence-electron chi connectivity index (χ3n) is 4.29. The Morgan fingerprint density at radius 2 is 2.03 bits per heavy atom. The van der Waals surface area contributed by atoms with Crippen molar-refractivity contribution in [2.24, 2.45) is 0 Å². The Morgan fingerprint density at radius 1 is 1.31 bits per heavy atom. The maximum atomic E-state index is 13.3. The van der Waals surface area contributed by atoms with Gasteiger partial charge in [-0.3, -0.25) is 23.7 Å². The number of nitrogens with one attached hydrogen (secondary N) is 2. The summed E-state index contributed by atoms with van der Waals surface area (Å²) in [6.45, 7) is 1.22. The Morgan fingerprint density at radius 3 is 2.72 bits per heavy atom. The number of H-pyrrole nitrogens is 1. The molecule has 2 heterocycles. The number of aromatic nitrogens is 2. The molecular formula is C19H21ClN3O8P. The average Bonchev–Trinajstić information content (AvgIpc) is 3.23. The molecule has 0 saturated heterocycles. The van der Waals surface area contributed by atoms with Crippen LogP contribution in [0.1, 0.15) is 13.2 Å². The molecular weight excluding hydrogens is 465 g/mol. The predicted octanol–water partition coefficient (Wildman–Crippen LogP) is 2.00. The third-order valence-corrected chi connectivity index (χ3v) is 6.20. The van der Waals surface area contributed by atoms with Gasteiger partial charge in [0.15, 0.2) is 6.23 Å². The van der Waals surface area contributed by atoms with Crippen LogP contribution in [0.2, 0.25) is 5.02 Å². The molecule has 2 aromatic rings. The van der Waals surface area contributed by atoms with Crippen LogP contribution >= 0.6 is 19.3 Å². The summed E-state index contributed by atoms with van der Waals surface area (Å²) in [5, 5.41) is 2.35. The van der Waals surface area contributed by atoms with E-state index in [9.17, 15) is 18.9 Å². The van der Waals surface area contributed by atoms with Crippen LogP contribution in [0.15, 0.2) is 58.3 Å². The second kappa shape index (κ2) is 10.3. The average molecular weight is 486 g/mol. The molecule has 0 radical (unpaired) electrons. The van der Waals surface area contributed by atoms with Gasteiger partial charge in [-0.2, -0.15) is 5.09 Å². The van der Waals surface area contributed by atoms with Crippen LogP contribution in [0.5, 0.6) is 5.75 Å². The molecule has 0 aliphatic carbocycles. The van der Waals surface area contributed by atoms with Crippen molar-refractivity contribution in [2.45, 2.75) is 25.3 Å². The molecule has 11 nitrogen and oxygen atoms in total. The lowest BCUT2D eigenvalue weighted by Gasteiger charge is -2.24. The molecule has 172 valence electrons. The van der Waals surface area contributed by atoms with Crippen LogP contribution in [0.3, 0.4) is 0 Å². The zero-order valence-corrected chi connectivity index (χ0v) is 18.7. The van der Waals surface area contributed by atoms with Gasteiger partial charge in [0.1, 0.15) is 22.9 Å². The number of carbonyl (C=O) groups excluding carboxylic acids is 1. The van der Waals surface area contributed by atoms with Gasteiger partial charge in [0.2, 0.25) is 0 Å². The summed E-state index contributed by atoms with van der Waals surface area (Å²) in [4.78, 5) is 37.3. The van der Waals surface area contributed by atoms with Crippen LogP contribution in [0.25, 0.3) is 0 Å². The summed E-state index contributed by atoms with van der Waals surface area (Å²) in [5.74, 6) is -0.396. The largest absolute Gasteiger partial charge is 0.468 e. The van der Waals surface area contributed by atoms with Gasteiger partial charge in [0, 0.05) is 6.20 Å². The van der Waals surface area contributed by atoms with Gasteiger partial charge < -0.3 is 14.0 Å². The van der Waals surface area contributed by atoms with E-state index in [1.165, 1.54) is 14.0 Å². The maximum Gasteiger partial charge on any atom is 0.459 e. The highest BCUT2D eigenvalue weighted by Gasteiger charge is 2.34. The number of benzene rings is 1. The molecule has 3 rings (SSSR count). The van der Waals surface area contributed by atoms with Crippen molar-refractivity contribution >= 4 is 25.3 Å². The summed E-state index contributed by atoms with van der Waals surface area (Å²) >= 11 is 5.78. The van der Waals surface area contributed by atoms with Gasteiger partial charge >= 0.3 is 19.4 Å². The summed E-state index contributed by atoms with van der Waals surface area (Å²) < 4.78 is 35.7. The second-order valence-electron chi connectivity index (χ2n) is 6.67. The highest BCUT2D eigenvalue weighted by molar-refractivity contribution is 7.52. The Labute approximate surface area is 187 Å². The highest BCUT2D eigenvalue weighted by Crippen LogP contribution is 2.45. The lowest BCUT2D eigenvalue weighted by Crippen LogP contribution is -2.35. The maximum absolute atomic E-state index is 13.3. The monoisotopic (exact) mass is 485 g/mol. The Balaban J connectivity index is 1.69. The lowest BCUT2D eigenvalue weighted by molar-refractivity contribution is -0.142. The fourth-order valence-electron chi connectivity index (χ4n) is 2.74. The number of esters is 1. The van der Waals surface area contributed by atoms with E-state index in [1.807, 2.05) is 0 Å². The Kier molecular flexibility index (Phi) is 7.70. The first kappa shape index (κ1) is 24.0. The fraction of sp³-hybridized carbons (Fsp3) is 0.316. The first-order valence-electron chi connectivity index (χ1n) is 9.40. The third kappa shape index (κ3) is 5.96. The van der Waals surface area contributed by atoms with Gasteiger partial charge in [-0.25, -0.2) is 9.36 Å². The summed E-state index contributed by atoms with van der Waals surface area (Å²) in [5.41, 5.74) is -1.41. The van der Waals surface area contributed by atoms with E-state index >= 15 is 0 Å². The normalized spacial score (nSPS) is 20.5. The number of ether oxygens (including phenoxy) is 2. The van der Waals surface area contributed by atoms with Crippen molar-refractivity contribution in [2.75, 3.05) is 13.7 Å². The fourth-order valence-corrected chi connectivity index (χ4v) is 4.39. The number of methoxy groups -OCH3 is 1. The number of nitrogens with zero attached hydrogens (tertiary/aromatic N) is 1. The minimum atomic E-state index is -4.03. The molecule has 13 heteroatoms. The van der Waals surface area contributed by atoms with E-state index < -0.39 is 43.3 Å². The molecule has 1 aliphatic heterocycles. The van der Waals surface area contributed by atoms with E-state index in [-0.39, 0.29) is 17.4 Å². The van der Waals surface area contributed by atoms with Crippen molar-refractivity contribution < 1.29 is 27.9 Å². The first-order valence-corrected chi connectivity index (χ1v) is 11.3. The van der Waals surface area contributed by atoms with E-state index in [2.05, 4.69) is 14.8 Å². The molecule has 0 saturated carbocycles. The Bertz CT molecular complexity index is 1150. The van der Waals surface area contributed by atoms with Crippen molar-refractivity contribution in [3.8, 4) is 5.75 Å². The second-order valence-corrected chi connectivity index (χ2v) is 8.77. The first-order chi connectivity index (χ1) is 15.2.